The first-order valence-electron chi connectivity index (χ1n) is 9.30. The van der Waals surface area contributed by atoms with Gasteiger partial charge in [0.15, 0.2) is 0 Å². The Bertz CT molecular complexity index is 875. The van der Waals surface area contributed by atoms with Gasteiger partial charge in [0.25, 0.3) is 0 Å². The van der Waals surface area contributed by atoms with Crippen LogP contribution in [0.4, 0.5) is 22.7 Å². The van der Waals surface area contributed by atoms with Crippen LogP contribution in [-0.4, -0.2) is 23.4 Å². The van der Waals surface area contributed by atoms with E-state index in [1.807, 2.05) is 0 Å². The molecule has 0 saturated heterocycles. The van der Waals surface area contributed by atoms with Gasteiger partial charge in [0.1, 0.15) is 23.0 Å². The molecular weight excluding hydrogens is 384 g/mol. The molecule has 3 aromatic carbocycles. The molecule has 0 atom stereocenters. The van der Waals surface area contributed by atoms with E-state index in [9.17, 15) is 0 Å². The van der Waals surface area contributed by atoms with Crippen molar-refractivity contribution in [1.82, 2.24) is 0 Å². The normalized spacial score (nSPS) is 10.0. The van der Waals surface area contributed by atoms with Gasteiger partial charge in [0, 0.05) is 23.9 Å². The number of nitrogens with two attached hydrogens (primary N) is 4. The summed E-state index contributed by atoms with van der Waals surface area (Å²) >= 11 is 0. The number of anilines is 4. The van der Waals surface area contributed by atoms with Gasteiger partial charge in [-0.25, -0.2) is 0 Å². The van der Waals surface area contributed by atoms with Crippen molar-refractivity contribution in [3.05, 3.63) is 60.2 Å². The largest absolute Gasteiger partial charge is 0.508 e. The number of benzene rings is 3. The van der Waals surface area contributed by atoms with E-state index in [-0.39, 0.29) is 11.5 Å². The third-order valence-electron chi connectivity index (χ3n) is 3.92. The number of hydrogen-bond donors (Lipinski definition) is 6. The Morgan fingerprint density at radius 1 is 0.667 bits per heavy atom. The fraction of sp³-hybridized carbons (Fsp3) is 0.182. The summed E-state index contributed by atoms with van der Waals surface area (Å²) < 4.78 is 11.1. The summed E-state index contributed by atoms with van der Waals surface area (Å²) in [6.45, 7) is 2.78. The molecule has 0 aromatic heterocycles. The molecule has 8 nitrogen and oxygen atoms in total. The zero-order valence-corrected chi connectivity index (χ0v) is 16.8. The molecule has 0 aliphatic heterocycles. The first kappa shape index (κ1) is 22.4. The molecule has 0 amide bonds. The molecule has 0 saturated carbocycles. The Labute approximate surface area is 175 Å². The lowest BCUT2D eigenvalue weighted by molar-refractivity contribution is 0.249. The smallest absolute Gasteiger partial charge is 0.142 e. The van der Waals surface area contributed by atoms with Crippen LogP contribution in [0, 0.1) is 6.92 Å². The van der Waals surface area contributed by atoms with E-state index < -0.39 is 0 Å². The van der Waals surface area contributed by atoms with Gasteiger partial charge in [-0.2, -0.15) is 0 Å². The van der Waals surface area contributed by atoms with Crippen molar-refractivity contribution in [2.75, 3.05) is 36.1 Å². The highest BCUT2D eigenvalue weighted by Crippen LogP contribution is 2.25. The first-order valence-corrected chi connectivity index (χ1v) is 9.30. The number of aryl methyl sites for hydroxylation is 1. The van der Waals surface area contributed by atoms with Crippen molar-refractivity contribution < 1.29 is 19.7 Å². The third kappa shape index (κ3) is 7.23. The van der Waals surface area contributed by atoms with Crippen LogP contribution in [0.2, 0.25) is 0 Å². The van der Waals surface area contributed by atoms with Crippen molar-refractivity contribution in [2.45, 2.75) is 13.3 Å². The van der Waals surface area contributed by atoms with E-state index in [4.69, 9.17) is 42.6 Å². The molecule has 30 heavy (non-hydrogen) atoms. The van der Waals surface area contributed by atoms with E-state index in [1.54, 1.807) is 55.5 Å². The maximum absolute atomic E-state index is 8.83. The Balaban J connectivity index is 0.000000297. The number of aromatic hydroxyl groups is 2. The Kier molecular flexibility index (Phi) is 7.87. The third-order valence-corrected chi connectivity index (χ3v) is 3.92. The van der Waals surface area contributed by atoms with Crippen molar-refractivity contribution in [2.24, 2.45) is 0 Å². The maximum atomic E-state index is 8.83. The topological polar surface area (TPSA) is 163 Å². The highest BCUT2D eigenvalue weighted by molar-refractivity contribution is 5.61. The maximum Gasteiger partial charge on any atom is 0.142 e. The zero-order valence-electron chi connectivity index (χ0n) is 16.8. The lowest BCUT2D eigenvalue weighted by atomic mass is 10.2. The molecule has 0 unspecified atom stereocenters. The van der Waals surface area contributed by atoms with Crippen LogP contribution in [0.25, 0.3) is 0 Å². The number of hydrogen-bond acceptors (Lipinski definition) is 8. The van der Waals surface area contributed by atoms with E-state index in [0.717, 1.165) is 5.56 Å². The van der Waals surface area contributed by atoms with E-state index in [0.29, 0.717) is 53.9 Å². The van der Waals surface area contributed by atoms with Crippen molar-refractivity contribution in [3.63, 3.8) is 0 Å². The quantitative estimate of drug-likeness (QED) is 0.265. The summed E-state index contributed by atoms with van der Waals surface area (Å²) in [4.78, 5) is 0. The number of phenols is 2. The van der Waals surface area contributed by atoms with Crippen LogP contribution in [0.15, 0.2) is 54.6 Å². The Morgan fingerprint density at radius 2 is 1.10 bits per heavy atom. The molecule has 0 fully saturated rings. The van der Waals surface area contributed by atoms with E-state index >= 15 is 0 Å². The van der Waals surface area contributed by atoms with Gasteiger partial charge in [-0.1, -0.05) is 0 Å². The number of nitrogen functional groups attached to an aromatic ring is 4. The van der Waals surface area contributed by atoms with E-state index in [1.165, 1.54) is 6.07 Å². The van der Waals surface area contributed by atoms with Gasteiger partial charge in [-0.15, -0.1) is 0 Å². The minimum atomic E-state index is 0.104. The van der Waals surface area contributed by atoms with Gasteiger partial charge in [0.05, 0.1) is 24.6 Å². The molecule has 0 aliphatic rings. The fourth-order valence-corrected chi connectivity index (χ4v) is 2.56. The Hall–Kier alpha value is -3.94. The highest BCUT2D eigenvalue weighted by Gasteiger charge is 2.02. The van der Waals surface area contributed by atoms with Gasteiger partial charge in [0.2, 0.25) is 0 Å². The molecule has 0 aliphatic carbocycles. The predicted octanol–water partition coefficient (Wildman–Crippen LogP) is 3.27. The van der Waals surface area contributed by atoms with E-state index in [2.05, 4.69) is 0 Å². The molecule has 10 N–H and O–H groups in total. The molecule has 0 radical (unpaired) electrons. The second-order valence-corrected chi connectivity index (χ2v) is 6.67. The van der Waals surface area contributed by atoms with Gasteiger partial charge in [-0.05, 0) is 61.0 Å². The van der Waals surface area contributed by atoms with Gasteiger partial charge in [-0.3, -0.25) is 0 Å². The van der Waals surface area contributed by atoms with Crippen molar-refractivity contribution in [3.8, 4) is 23.0 Å². The summed E-state index contributed by atoms with van der Waals surface area (Å²) in [5, 5.41) is 17.7. The summed E-state index contributed by atoms with van der Waals surface area (Å²) in [7, 11) is 0. The number of ether oxygens (including phenoxy) is 2. The lowest BCUT2D eigenvalue weighted by Crippen LogP contribution is -2.07. The molecule has 0 bridgehead atoms. The standard InChI is InChI=1S/C15H20N4O2.C7H8O2/c16-10-2-4-14(12(18)8-10)20-6-1-7-21-15-5-3-11(17)9-13(15)19;1-5-2-6(8)4-7(9)3-5/h2-5,8-9H,1,6-7,16-19H2;2-4,8-9H,1H3. The average molecular weight is 412 g/mol. The molecule has 3 rings (SSSR count). The summed E-state index contributed by atoms with van der Waals surface area (Å²) in [6.07, 6.45) is 0.702. The van der Waals surface area contributed by atoms with Crippen LogP contribution in [0.1, 0.15) is 12.0 Å². The average Bonchev–Trinajstić information content (AvgIpc) is 2.64. The predicted molar refractivity (Wildman–Crippen MR) is 121 cm³/mol. The number of rotatable bonds is 6. The molecule has 0 spiro atoms. The molecular formula is C22H28N4O4. The fourth-order valence-electron chi connectivity index (χ4n) is 2.56. The highest BCUT2D eigenvalue weighted by atomic mass is 16.5. The van der Waals surface area contributed by atoms with Crippen molar-refractivity contribution >= 4 is 22.7 Å². The monoisotopic (exact) mass is 412 g/mol. The van der Waals surface area contributed by atoms with Crippen LogP contribution in [0.5, 0.6) is 23.0 Å². The van der Waals surface area contributed by atoms with Crippen LogP contribution in [0.3, 0.4) is 0 Å². The van der Waals surface area contributed by atoms with Gasteiger partial charge < -0.3 is 42.6 Å². The minimum Gasteiger partial charge on any atom is -0.508 e. The minimum absolute atomic E-state index is 0.104. The Morgan fingerprint density at radius 3 is 1.47 bits per heavy atom. The summed E-state index contributed by atoms with van der Waals surface area (Å²) in [6, 6.07) is 14.8. The molecule has 160 valence electrons. The van der Waals surface area contributed by atoms with Crippen molar-refractivity contribution in [1.29, 1.82) is 0 Å². The second-order valence-electron chi connectivity index (χ2n) is 6.67. The summed E-state index contributed by atoms with van der Waals surface area (Å²) in [5.74, 6) is 1.45. The molecule has 0 heterocycles. The lowest BCUT2D eigenvalue weighted by Gasteiger charge is -2.11. The zero-order chi connectivity index (χ0) is 22.1. The summed E-state index contributed by atoms with van der Waals surface area (Å²) in [5.41, 5.74) is 26.0. The van der Waals surface area contributed by atoms with Crippen LogP contribution < -0.4 is 32.4 Å². The second kappa shape index (κ2) is 10.6. The SMILES string of the molecule is Cc1cc(O)cc(O)c1.Nc1ccc(OCCCOc2ccc(N)cc2N)c(N)c1. The number of phenolic OH excluding ortho intramolecular Hbond substituents is 2. The van der Waals surface area contributed by atoms with Crippen LogP contribution in [-0.2, 0) is 0 Å². The van der Waals surface area contributed by atoms with Crippen LogP contribution >= 0.6 is 0 Å². The molecule has 3 aromatic rings. The molecule has 8 heteroatoms. The first-order chi connectivity index (χ1) is 14.2. The van der Waals surface area contributed by atoms with Gasteiger partial charge >= 0.3 is 0 Å².